The summed E-state index contributed by atoms with van der Waals surface area (Å²) in [6.45, 7) is 2.05. The fourth-order valence-corrected chi connectivity index (χ4v) is 2.54. The van der Waals surface area contributed by atoms with Crippen LogP contribution in [0.4, 0.5) is 0 Å². The lowest BCUT2D eigenvalue weighted by molar-refractivity contribution is 0.397. The third-order valence-electron chi connectivity index (χ3n) is 2.70. The summed E-state index contributed by atoms with van der Waals surface area (Å²) in [4.78, 5) is 10.7. The smallest absolute Gasteiger partial charge is 0.257 e. The van der Waals surface area contributed by atoms with Crippen molar-refractivity contribution in [1.29, 1.82) is 0 Å². The van der Waals surface area contributed by atoms with Crippen LogP contribution >= 0.6 is 0 Å². The monoisotopic (exact) mass is 296 g/mol. The van der Waals surface area contributed by atoms with E-state index in [1.54, 1.807) is 18.3 Å². The molecule has 0 aliphatic carbocycles. The minimum atomic E-state index is -3.60. The van der Waals surface area contributed by atoms with Gasteiger partial charge in [-0.15, -0.1) is 0 Å². The van der Waals surface area contributed by atoms with E-state index in [-0.39, 0.29) is 11.6 Å². The van der Waals surface area contributed by atoms with Gasteiger partial charge in [-0.2, -0.15) is 0 Å². The lowest BCUT2D eigenvalue weighted by atomic mass is 10.3. The number of nitrogens with zero attached hydrogens (tertiary/aromatic N) is 2. The van der Waals surface area contributed by atoms with Crippen molar-refractivity contribution in [1.82, 2.24) is 19.7 Å². The zero-order valence-electron chi connectivity index (χ0n) is 11.3. The zero-order chi connectivity index (χ0) is 14.6. The normalized spacial score (nSPS) is 11.5. The Bertz CT molecular complexity index is 682. The van der Waals surface area contributed by atoms with E-state index in [1.165, 1.54) is 13.3 Å². The molecule has 7 nitrogen and oxygen atoms in total. The van der Waals surface area contributed by atoms with E-state index < -0.39 is 10.0 Å². The number of hydrogen-bond donors (Lipinski definition) is 2. The molecule has 0 unspecified atom stereocenters. The summed E-state index contributed by atoms with van der Waals surface area (Å²) in [5, 5.41) is 0.0652. The number of pyridine rings is 1. The quantitative estimate of drug-likeness (QED) is 0.824. The molecule has 0 saturated heterocycles. The maximum atomic E-state index is 12.1. The second-order valence-electron chi connectivity index (χ2n) is 4.08. The van der Waals surface area contributed by atoms with Crippen molar-refractivity contribution >= 4 is 10.0 Å². The molecule has 2 rings (SSSR count). The number of rotatable bonds is 6. The Hall–Kier alpha value is -1.93. The molecular formula is C12H16N4O3S. The third-order valence-corrected chi connectivity index (χ3v) is 4.02. The van der Waals surface area contributed by atoms with Gasteiger partial charge >= 0.3 is 0 Å². The molecule has 0 radical (unpaired) electrons. The average molecular weight is 296 g/mol. The van der Waals surface area contributed by atoms with Gasteiger partial charge in [0.25, 0.3) is 10.0 Å². The van der Waals surface area contributed by atoms with E-state index in [9.17, 15) is 8.42 Å². The van der Waals surface area contributed by atoms with Crippen LogP contribution in [0.3, 0.4) is 0 Å². The highest BCUT2D eigenvalue weighted by Gasteiger charge is 2.16. The third kappa shape index (κ3) is 3.34. The maximum Gasteiger partial charge on any atom is 0.257 e. The molecule has 0 bridgehead atoms. The van der Waals surface area contributed by atoms with Gasteiger partial charge in [0.05, 0.1) is 13.3 Å². The minimum Gasteiger partial charge on any atom is -0.481 e. The Kier molecular flexibility index (Phi) is 4.35. The highest BCUT2D eigenvalue weighted by molar-refractivity contribution is 7.89. The largest absolute Gasteiger partial charge is 0.481 e. The van der Waals surface area contributed by atoms with E-state index in [0.29, 0.717) is 18.1 Å². The molecule has 0 saturated carbocycles. The number of sulfonamides is 1. The molecule has 2 N–H and O–H groups in total. The van der Waals surface area contributed by atoms with E-state index in [2.05, 4.69) is 19.7 Å². The molecule has 2 aromatic rings. The topological polar surface area (TPSA) is 97.0 Å². The van der Waals surface area contributed by atoms with Crippen molar-refractivity contribution in [3.63, 3.8) is 0 Å². The van der Waals surface area contributed by atoms with Crippen LogP contribution in [-0.4, -0.2) is 30.5 Å². The molecule has 0 aromatic carbocycles. The molecule has 0 aliphatic rings. The SMILES string of the molecule is CCc1ncc(S(=O)(=O)NCc2ccnc(OC)c2)[nH]1. The summed E-state index contributed by atoms with van der Waals surface area (Å²) in [5.41, 5.74) is 0.760. The molecule has 0 fully saturated rings. The van der Waals surface area contributed by atoms with Gasteiger partial charge in [-0.1, -0.05) is 6.92 Å². The zero-order valence-corrected chi connectivity index (χ0v) is 12.1. The highest BCUT2D eigenvalue weighted by Crippen LogP contribution is 2.10. The van der Waals surface area contributed by atoms with Gasteiger partial charge in [-0.3, -0.25) is 0 Å². The van der Waals surface area contributed by atoms with E-state index >= 15 is 0 Å². The number of hydrogen-bond acceptors (Lipinski definition) is 5. The van der Waals surface area contributed by atoms with Crippen molar-refractivity contribution < 1.29 is 13.2 Å². The first-order valence-electron chi connectivity index (χ1n) is 6.07. The van der Waals surface area contributed by atoms with Crippen LogP contribution in [0, 0.1) is 0 Å². The number of imidazole rings is 1. The summed E-state index contributed by atoms with van der Waals surface area (Å²) in [7, 11) is -2.09. The Morgan fingerprint density at radius 2 is 2.20 bits per heavy atom. The molecule has 0 aliphatic heterocycles. The molecule has 8 heteroatoms. The van der Waals surface area contributed by atoms with Crippen molar-refractivity contribution in [3.8, 4) is 5.88 Å². The number of aromatic nitrogens is 3. The van der Waals surface area contributed by atoms with Crippen LogP contribution in [0.2, 0.25) is 0 Å². The molecule has 20 heavy (non-hydrogen) atoms. The fourth-order valence-electron chi connectivity index (χ4n) is 1.59. The average Bonchev–Trinajstić information content (AvgIpc) is 2.95. The van der Waals surface area contributed by atoms with Gasteiger partial charge in [0.1, 0.15) is 5.82 Å². The van der Waals surface area contributed by atoms with Gasteiger partial charge < -0.3 is 9.72 Å². The van der Waals surface area contributed by atoms with E-state index in [1.807, 2.05) is 6.92 Å². The van der Waals surface area contributed by atoms with Crippen LogP contribution in [0.15, 0.2) is 29.6 Å². The second-order valence-corrected chi connectivity index (χ2v) is 5.81. The van der Waals surface area contributed by atoms with Crippen LogP contribution in [0.1, 0.15) is 18.3 Å². The lowest BCUT2D eigenvalue weighted by Crippen LogP contribution is -2.23. The van der Waals surface area contributed by atoms with Crippen molar-refractivity contribution in [3.05, 3.63) is 35.9 Å². The number of methoxy groups -OCH3 is 1. The van der Waals surface area contributed by atoms with Gasteiger partial charge in [-0.05, 0) is 11.6 Å². The first kappa shape index (κ1) is 14.5. The standard InChI is InChI=1S/C12H16N4O3S/c1-3-10-14-8-12(16-10)20(17,18)15-7-9-4-5-13-11(6-9)19-2/h4-6,8,15H,3,7H2,1-2H3,(H,14,16). The Morgan fingerprint density at radius 1 is 1.40 bits per heavy atom. The van der Waals surface area contributed by atoms with Crippen molar-refractivity contribution in [2.45, 2.75) is 24.9 Å². The number of aryl methyl sites for hydroxylation is 1. The summed E-state index contributed by atoms with van der Waals surface area (Å²) in [5.74, 6) is 1.08. The first-order valence-corrected chi connectivity index (χ1v) is 7.56. The van der Waals surface area contributed by atoms with Gasteiger partial charge in [0.2, 0.25) is 5.88 Å². The van der Waals surface area contributed by atoms with E-state index in [4.69, 9.17) is 4.74 Å². The number of H-pyrrole nitrogens is 1. The molecular weight excluding hydrogens is 280 g/mol. The molecule has 0 spiro atoms. The second kappa shape index (κ2) is 6.02. The molecule has 0 atom stereocenters. The first-order chi connectivity index (χ1) is 9.55. The molecule has 2 aromatic heterocycles. The van der Waals surface area contributed by atoms with Crippen LogP contribution in [0.5, 0.6) is 5.88 Å². The van der Waals surface area contributed by atoms with Crippen LogP contribution in [0.25, 0.3) is 0 Å². The lowest BCUT2D eigenvalue weighted by Gasteiger charge is -2.06. The number of aromatic amines is 1. The molecule has 2 heterocycles. The van der Waals surface area contributed by atoms with Gasteiger partial charge in [0, 0.05) is 25.2 Å². The fraction of sp³-hybridized carbons (Fsp3) is 0.333. The Labute approximate surface area is 117 Å². The number of ether oxygens (including phenoxy) is 1. The van der Waals surface area contributed by atoms with Crippen LogP contribution < -0.4 is 9.46 Å². The summed E-state index contributed by atoms with van der Waals surface area (Å²) >= 11 is 0. The highest BCUT2D eigenvalue weighted by atomic mass is 32.2. The Morgan fingerprint density at radius 3 is 2.85 bits per heavy atom. The molecule has 0 amide bonds. The minimum absolute atomic E-state index is 0.0652. The van der Waals surface area contributed by atoms with Crippen LogP contribution in [-0.2, 0) is 23.0 Å². The molecule has 108 valence electrons. The summed E-state index contributed by atoms with van der Waals surface area (Å²) in [6.07, 6.45) is 3.53. The number of nitrogens with one attached hydrogen (secondary N) is 2. The summed E-state index contributed by atoms with van der Waals surface area (Å²) < 4.78 is 31.6. The van der Waals surface area contributed by atoms with Gasteiger partial charge in [-0.25, -0.2) is 23.1 Å². The van der Waals surface area contributed by atoms with Crippen molar-refractivity contribution in [2.24, 2.45) is 0 Å². The summed E-state index contributed by atoms with van der Waals surface area (Å²) in [6, 6.07) is 3.39. The Balaban J connectivity index is 2.08. The van der Waals surface area contributed by atoms with E-state index in [0.717, 1.165) is 5.56 Å². The van der Waals surface area contributed by atoms with Crippen molar-refractivity contribution in [2.75, 3.05) is 7.11 Å². The predicted octanol–water partition coefficient (Wildman–Crippen LogP) is 0.854. The maximum absolute atomic E-state index is 12.1. The predicted molar refractivity (Wildman–Crippen MR) is 72.8 cm³/mol. The van der Waals surface area contributed by atoms with Gasteiger partial charge in [0.15, 0.2) is 5.03 Å².